The zero-order valence-electron chi connectivity index (χ0n) is 18.2. The first-order valence-electron chi connectivity index (χ1n) is 11.2. The van der Waals surface area contributed by atoms with Crippen LogP contribution in [0.3, 0.4) is 0 Å². The van der Waals surface area contributed by atoms with Crippen LogP contribution in [-0.4, -0.2) is 24.0 Å². The fraction of sp³-hybridized carbons (Fsp3) is 0.185. The number of nitrogens with one attached hydrogen (secondary N) is 1. The Morgan fingerprint density at radius 2 is 1.82 bits per heavy atom. The van der Waals surface area contributed by atoms with E-state index < -0.39 is 0 Å². The van der Waals surface area contributed by atoms with E-state index in [0.717, 1.165) is 53.6 Å². The zero-order chi connectivity index (χ0) is 22.6. The maximum Gasteiger partial charge on any atom is 0.179 e. The number of alkyl halides is 1. The lowest BCUT2D eigenvalue weighted by Gasteiger charge is -2.10. The molecule has 1 aromatic heterocycles. The van der Waals surface area contributed by atoms with Crippen LogP contribution in [0.5, 0.6) is 0 Å². The van der Waals surface area contributed by atoms with Crippen LogP contribution in [0.4, 0.5) is 11.4 Å². The first-order chi connectivity index (χ1) is 16.2. The summed E-state index contributed by atoms with van der Waals surface area (Å²) in [6.45, 7) is 1.69. The quantitative estimate of drug-likeness (QED) is 0.113. The highest BCUT2D eigenvalue weighted by Crippen LogP contribution is 2.31. The monoisotopic (exact) mass is 458 g/mol. The number of hydrogen-bond acceptors (Lipinski definition) is 4. The number of fused-ring (bicyclic) bond motifs is 4. The van der Waals surface area contributed by atoms with E-state index in [1.165, 1.54) is 5.56 Å². The van der Waals surface area contributed by atoms with Gasteiger partial charge in [0.2, 0.25) is 0 Å². The molecule has 5 rings (SSSR count). The van der Waals surface area contributed by atoms with Crippen LogP contribution in [0.15, 0.2) is 82.0 Å². The second-order valence-electron chi connectivity index (χ2n) is 8.11. The van der Waals surface area contributed by atoms with Gasteiger partial charge in [-0.2, -0.15) is 0 Å². The van der Waals surface area contributed by atoms with E-state index in [0.29, 0.717) is 22.6 Å². The third kappa shape index (κ3) is 4.70. The lowest BCUT2D eigenvalue weighted by Crippen LogP contribution is -2.78. The molecule has 4 aromatic carbocycles. The van der Waals surface area contributed by atoms with Gasteiger partial charge in [0.15, 0.2) is 16.6 Å². The Labute approximate surface area is 196 Å². The van der Waals surface area contributed by atoms with E-state index in [9.17, 15) is 4.79 Å². The van der Waals surface area contributed by atoms with Gasteiger partial charge in [-0.3, -0.25) is 4.79 Å². The minimum atomic E-state index is -0.0361. The lowest BCUT2D eigenvalue weighted by molar-refractivity contribution is -0.569. The molecular formula is C27H25ClN3O2+. The standard InChI is InChI=1S/C27H24ClN3O2/c28-12-4-13-29-19-7-10-23-25(15-19)33-26-17-24(30-14-11-18-5-2-1-3-6-18)21-9-8-20(32)16-22(21)27(26)31-23/h1-3,5-10,15-17,29-30H,4,11-14H2/p+1. The lowest BCUT2D eigenvalue weighted by atomic mass is 10.1. The van der Waals surface area contributed by atoms with Crippen molar-refractivity contribution in [1.29, 1.82) is 0 Å². The van der Waals surface area contributed by atoms with Crippen LogP contribution in [0.2, 0.25) is 0 Å². The van der Waals surface area contributed by atoms with Crippen LogP contribution in [0.1, 0.15) is 12.0 Å². The molecule has 5 aromatic rings. The van der Waals surface area contributed by atoms with Gasteiger partial charge in [0.1, 0.15) is 16.7 Å². The van der Waals surface area contributed by atoms with Crippen molar-refractivity contribution < 1.29 is 9.73 Å². The fourth-order valence-corrected chi connectivity index (χ4v) is 4.26. The molecule has 0 unspecified atom stereocenters. The maximum absolute atomic E-state index is 12.2. The van der Waals surface area contributed by atoms with Crippen LogP contribution in [0, 0.1) is 0 Å². The van der Waals surface area contributed by atoms with Crippen LogP contribution in [0.25, 0.3) is 33.0 Å². The van der Waals surface area contributed by atoms with Crippen molar-refractivity contribution in [3.8, 4) is 0 Å². The molecule has 0 aliphatic rings. The molecule has 5 nitrogen and oxygen atoms in total. The molecule has 3 N–H and O–H groups in total. The maximum atomic E-state index is 12.2. The third-order valence-corrected chi connectivity index (χ3v) is 6.04. The number of rotatable bonds is 8. The first-order valence-corrected chi connectivity index (χ1v) is 11.7. The van der Waals surface area contributed by atoms with Gasteiger partial charge >= 0.3 is 0 Å². The Hall–Kier alpha value is -3.41. The Bertz CT molecular complexity index is 1480. The van der Waals surface area contributed by atoms with E-state index in [4.69, 9.17) is 21.0 Å². The molecule has 0 amide bonds. The van der Waals surface area contributed by atoms with Gasteiger partial charge in [0, 0.05) is 47.4 Å². The highest BCUT2D eigenvalue weighted by molar-refractivity contribution is 6.17. The predicted octanol–water partition coefficient (Wildman–Crippen LogP) is 4.97. The topological polar surface area (TPSA) is 71.7 Å². The Morgan fingerprint density at radius 3 is 2.67 bits per heavy atom. The van der Waals surface area contributed by atoms with Crippen molar-refractivity contribution in [2.75, 3.05) is 24.3 Å². The van der Waals surface area contributed by atoms with Gasteiger partial charge < -0.3 is 15.1 Å². The van der Waals surface area contributed by atoms with Crippen molar-refractivity contribution >= 4 is 55.9 Å². The number of anilines is 1. The minimum Gasteiger partial charge on any atom is -0.452 e. The Morgan fingerprint density at radius 1 is 0.939 bits per heavy atom. The van der Waals surface area contributed by atoms with Gasteiger partial charge in [-0.15, -0.1) is 11.6 Å². The molecule has 6 heteroatoms. The summed E-state index contributed by atoms with van der Waals surface area (Å²) in [5.41, 5.74) is 6.11. The predicted molar refractivity (Wildman–Crippen MR) is 136 cm³/mol. The second-order valence-corrected chi connectivity index (χ2v) is 8.49. The highest BCUT2D eigenvalue weighted by atomic mass is 35.5. The van der Waals surface area contributed by atoms with Crippen LogP contribution >= 0.6 is 11.6 Å². The number of nitrogens with zero attached hydrogens (tertiary/aromatic N) is 1. The van der Waals surface area contributed by atoms with Gasteiger partial charge in [-0.05, 0) is 42.3 Å². The Kier molecular flexibility index (Phi) is 6.24. The van der Waals surface area contributed by atoms with E-state index in [1.54, 1.807) is 12.1 Å². The molecule has 0 aliphatic carbocycles. The van der Waals surface area contributed by atoms with Gasteiger partial charge in [0.25, 0.3) is 0 Å². The van der Waals surface area contributed by atoms with Gasteiger partial charge in [-0.1, -0.05) is 30.3 Å². The van der Waals surface area contributed by atoms with E-state index in [1.807, 2.05) is 36.4 Å². The average Bonchev–Trinajstić information content (AvgIpc) is 2.84. The molecule has 0 saturated heterocycles. The summed E-state index contributed by atoms with van der Waals surface area (Å²) < 4.78 is 6.30. The highest BCUT2D eigenvalue weighted by Gasteiger charge is 2.14. The molecule has 1 heterocycles. The molecule has 0 fully saturated rings. The first kappa shape index (κ1) is 21.4. The number of benzene rings is 4. The normalized spacial score (nSPS) is 11.4. The SMILES string of the molecule is O=c1ccc2c([NH2+]CCc3ccccc3)cc3oc4cc(NCCCCl)ccc4nc3c2c1. The number of quaternary nitrogens is 1. The zero-order valence-corrected chi connectivity index (χ0v) is 18.9. The van der Waals surface area contributed by atoms with Crippen LogP contribution < -0.4 is 16.1 Å². The molecule has 0 bridgehead atoms. The summed E-state index contributed by atoms with van der Waals surface area (Å²) in [5.74, 6) is 0.621. The van der Waals surface area contributed by atoms with Crippen molar-refractivity contribution in [3.63, 3.8) is 0 Å². The number of halogens is 1. The van der Waals surface area contributed by atoms with E-state index in [-0.39, 0.29) is 5.43 Å². The molecule has 0 radical (unpaired) electrons. The van der Waals surface area contributed by atoms with Crippen LogP contribution in [-0.2, 0) is 6.42 Å². The molecule has 0 spiro atoms. The smallest absolute Gasteiger partial charge is 0.179 e. The van der Waals surface area contributed by atoms with E-state index in [2.05, 4.69) is 34.9 Å². The second kappa shape index (κ2) is 9.61. The van der Waals surface area contributed by atoms with Crippen molar-refractivity contribution in [1.82, 2.24) is 4.98 Å². The summed E-state index contributed by atoms with van der Waals surface area (Å²) in [7, 11) is 0. The largest absolute Gasteiger partial charge is 0.452 e. The number of hydrogen-bond donors (Lipinski definition) is 2. The summed E-state index contributed by atoms with van der Waals surface area (Å²) in [6.07, 6.45) is 1.84. The van der Waals surface area contributed by atoms with Gasteiger partial charge in [-0.25, -0.2) is 4.98 Å². The van der Waals surface area contributed by atoms with E-state index >= 15 is 0 Å². The average molecular weight is 459 g/mol. The molecule has 0 atom stereocenters. The summed E-state index contributed by atoms with van der Waals surface area (Å²) in [5, 5.41) is 7.40. The molecule has 0 aliphatic heterocycles. The Balaban J connectivity index is 1.55. The molecule has 166 valence electrons. The summed E-state index contributed by atoms with van der Waals surface area (Å²) in [4.78, 5) is 17.0. The number of aromatic nitrogens is 1. The molecule has 33 heavy (non-hydrogen) atoms. The molecular weight excluding hydrogens is 434 g/mol. The molecule has 0 saturated carbocycles. The fourth-order valence-electron chi connectivity index (χ4n) is 4.13. The third-order valence-electron chi connectivity index (χ3n) is 5.77. The van der Waals surface area contributed by atoms with Crippen molar-refractivity contribution in [2.45, 2.75) is 12.8 Å². The summed E-state index contributed by atoms with van der Waals surface area (Å²) in [6, 6.07) is 23.5. The van der Waals surface area contributed by atoms with Crippen molar-refractivity contribution in [2.24, 2.45) is 0 Å². The van der Waals surface area contributed by atoms with Crippen molar-refractivity contribution in [3.05, 3.63) is 88.6 Å². The number of nitrogens with two attached hydrogens (primary N) is 1. The van der Waals surface area contributed by atoms with Gasteiger partial charge in [0.05, 0.1) is 6.54 Å². The minimum absolute atomic E-state index is 0.0361. The summed E-state index contributed by atoms with van der Waals surface area (Å²) >= 11 is 5.78.